The summed E-state index contributed by atoms with van der Waals surface area (Å²) in [5.74, 6) is 0. The Morgan fingerprint density at radius 2 is 0.951 bits per heavy atom. The Labute approximate surface area is 266 Å². The summed E-state index contributed by atoms with van der Waals surface area (Å²) in [5, 5.41) is 2.84. The van der Waals surface area contributed by atoms with Crippen molar-refractivity contribution in [2.24, 2.45) is 0 Å². The second kappa shape index (κ2) is 11.4. The maximum absolute atomic E-state index is 12.4. The van der Waals surface area contributed by atoms with E-state index in [0.29, 0.717) is 58.0 Å². The molecule has 6 aromatic rings. The first-order valence-electron chi connectivity index (χ1n) is 12.4. The van der Waals surface area contributed by atoms with E-state index in [1.165, 1.54) is 12.1 Å². The molecule has 202 valence electrons. The fourth-order valence-electron chi connectivity index (χ4n) is 4.95. The molecule has 0 atom stereocenters. The van der Waals surface area contributed by atoms with Crippen molar-refractivity contribution in [1.29, 1.82) is 0 Å². The highest BCUT2D eigenvalue weighted by Crippen LogP contribution is 2.44. The minimum absolute atomic E-state index is 0.148. The molecule has 0 saturated heterocycles. The fraction of sp³-hybridized carbons (Fsp3) is 0. The van der Waals surface area contributed by atoms with E-state index in [1.54, 1.807) is 6.20 Å². The summed E-state index contributed by atoms with van der Waals surface area (Å²) in [6, 6.07) is 29.0. The third-order valence-electron chi connectivity index (χ3n) is 6.81. The summed E-state index contributed by atoms with van der Waals surface area (Å²) in [7, 11) is 0. The second-order valence-electron chi connectivity index (χ2n) is 9.38. The normalized spacial score (nSPS) is 11.3. The molecule has 4 aromatic carbocycles. The predicted octanol–water partition coefficient (Wildman–Crippen LogP) is 11.9. The van der Waals surface area contributed by atoms with Gasteiger partial charge in [-0.15, -0.1) is 0 Å². The molecule has 0 aliphatic heterocycles. The zero-order valence-electron chi connectivity index (χ0n) is 20.9. The third kappa shape index (κ3) is 5.37. The Kier molecular flexibility index (Phi) is 7.82. The van der Waals surface area contributed by atoms with E-state index in [-0.39, 0.29) is 5.43 Å². The molecule has 0 amide bonds. The number of pyridine rings is 2. The van der Waals surface area contributed by atoms with Crippen molar-refractivity contribution in [2.45, 2.75) is 0 Å². The molecular weight excluding hydrogens is 639 g/mol. The van der Waals surface area contributed by atoms with Crippen molar-refractivity contribution >= 4 is 75.1 Å². The van der Waals surface area contributed by atoms with Gasteiger partial charge in [0.15, 0.2) is 5.43 Å². The maximum Gasteiger partial charge on any atom is 0.182 e. The molecule has 41 heavy (non-hydrogen) atoms. The van der Waals surface area contributed by atoms with Crippen LogP contribution in [0.4, 0.5) is 0 Å². The van der Waals surface area contributed by atoms with E-state index < -0.39 is 0 Å². The van der Waals surface area contributed by atoms with Crippen molar-refractivity contribution in [3.8, 4) is 44.6 Å². The molecule has 0 aliphatic rings. The van der Waals surface area contributed by atoms with Crippen LogP contribution in [0.2, 0.25) is 30.1 Å². The monoisotopic (exact) mass is 653 g/mol. The highest BCUT2D eigenvalue weighted by Gasteiger charge is 2.19. The summed E-state index contributed by atoms with van der Waals surface area (Å²) < 4.78 is 1.85. The Morgan fingerprint density at radius 1 is 0.463 bits per heavy atom. The summed E-state index contributed by atoms with van der Waals surface area (Å²) >= 11 is 40.4. The molecule has 0 bridgehead atoms. The van der Waals surface area contributed by atoms with Gasteiger partial charge in [-0.2, -0.15) is 0 Å². The van der Waals surface area contributed by atoms with Gasteiger partial charge in [0, 0.05) is 50.6 Å². The second-order valence-corrected chi connectivity index (χ2v) is 11.8. The van der Waals surface area contributed by atoms with Crippen LogP contribution >= 0.6 is 69.6 Å². The lowest BCUT2D eigenvalue weighted by molar-refractivity contribution is 1.16. The van der Waals surface area contributed by atoms with E-state index in [1.807, 2.05) is 89.3 Å². The molecule has 8 heteroatoms. The van der Waals surface area contributed by atoms with Crippen LogP contribution < -0.4 is 5.43 Å². The summed E-state index contributed by atoms with van der Waals surface area (Å²) in [6.07, 6.45) is 1.69. The van der Waals surface area contributed by atoms with Gasteiger partial charge in [0.25, 0.3) is 0 Å². The first-order valence-corrected chi connectivity index (χ1v) is 14.6. The van der Waals surface area contributed by atoms with Crippen molar-refractivity contribution in [2.75, 3.05) is 0 Å². The van der Waals surface area contributed by atoms with Gasteiger partial charge in [-0.1, -0.05) is 106 Å². The van der Waals surface area contributed by atoms with Gasteiger partial charge in [0.2, 0.25) is 0 Å². The number of rotatable bonds is 4. The minimum atomic E-state index is -0.148. The molecule has 0 unspecified atom stereocenters. The van der Waals surface area contributed by atoms with E-state index in [4.69, 9.17) is 69.6 Å². The minimum Gasteiger partial charge on any atom is -0.316 e. The number of aromatic nitrogens is 1. The van der Waals surface area contributed by atoms with Crippen molar-refractivity contribution in [1.82, 2.24) is 4.40 Å². The zero-order valence-corrected chi connectivity index (χ0v) is 25.5. The number of hydrogen-bond acceptors (Lipinski definition) is 1. The van der Waals surface area contributed by atoms with Crippen LogP contribution in [-0.2, 0) is 0 Å². The van der Waals surface area contributed by atoms with Crippen LogP contribution in [0, 0.1) is 0 Å². The van der Waals surface area contributed by atoms with E-state index >= 15 is 0 Å². The maximum atomic E-state index is 12.4. The van der Waals surface area contributed by atoms with Gasteiger partial charge in [0.05, 0.1) is 31.3 Å². The van der Waals surface area contributed by atoms with Gasteiger partial charge in [-0.25, -0.2) is 0 Å². The standard InChI is InChI=1S/C33H17Cl6NO/c34-25-7-3-1-5-23(25)18-12-27(36)32(28(37)13-18)20-11-21-17-22(41)9-10-40(21)31(16-20)33-29(38)14-19(15-30(33)39)24-6-2-4-8-26(24)35/h1-17H. The Balaban J connectivity index is 1.57. The van der Waals surface area contributed by atoms with Crippen LogP contribution in [0.3, 0.4) is 0 Å². The average molecular weight is 656 g/mol. The van der Waals surface area contributed by atoms with Gasteiger partial charge >= 0.3 is 0 Å². The lowest BCUT2D eigenvalue weighted by Gasteiger charge is -2.18. The number of hydrogen-bond donors (Lipinski definition) is 0. The summed E-state index contributed by atoms with van der Waals surface area (Å²) in [4.78, 5) is 12.4. The number of fused-ring (bicyclic) bond motifs is 1. The Bertz CT molecular complexity index is 2000. The largest absolute Gasteiger partial charge is 0.316 e. The number of benzene rings is 4. The van der Waals surface area contributed by atoms with Crippen LogP contribution in [0.15, 0.2) is 108 Å². The van der Waals surface area contributed by atoms with Crippen LogP contribution in [0.5, 0.6) is 0 Å². The van der Waals surface area contributed by atoms with Gasteiger partial charge in [-0.05, 0) is 65.2 Å². The Morgan fingerprint density at radius 3 is 1.46 bits per heavy atom. The van der Waals surface area contributed by atoms with Gasteiger partial charge in [0.1, 0.15) is 0 Å². The summed E-state index contributed by atoms with van der Waals surface area (Å²) in [6.45, 7) is 0. The van der Waals surface area contributed by atoms with Gasteiger partial charge in [-0.3, -0.25) is 4.79 Å². The third-order valence-corrected chi connectivity index (χ3v) is 8.66. The van der Waals surface area contributed by atoms with Crippen LogP contribution in [0.1, 0.15) is 0 Å². The van der Waals surface area contributed by atoms with Crippen molar-refractivity contribution in [3.05, 3.63) is 144 Å². The molecule has 0 spiro atoms. The molecule has 0 aliphatic carbocycles. The van der Waals surface area contributed by atoms with Crippen molar-refractivity contribution in [3.63, 3.8) is 0 Å². The molecule has 0 N–H and O–H groups in total. The molecular formula is C33H17Cl6NO. The van der Waals surface area contributed by atoms with Crippen molar-refractivity contribution < 1.29 is 0 Å². The zero-order chi connectivity index (χ0) is 28.8. The highest BCUT2D eigenvalue weighted by atomic mass is 35.5. The number of nitrogens with zero attached hydrogens (tertiary/aromatic N) is 1. The number of halogens is 6. The first-order chi connectivity index (χ1) is 19.7. The highest BCUT2D eigenvalue weighted by molar-refractivity contribution is 6.41. The quantitative estimate of drug-likeness (QED) is 0.185. The lowest BCUT2D eigenvalue weighted by Crippen LogP contribution is -2.03. The topological polar surface area (TPSA) is 21.5 Å². The molecule has 2 aromatic heterocycles. The van der Waals surface area contributed by atoms with Gasteiger partial charge < -0.3 is 4.40 Å². The first kappa shape index (κ1) is 28.2. The van der Waals surface area contributed by atoms with E-state index in [9.17, 15) is 4.79 Å². The SMILES string of the molecule is O=c1ccn2c(-c3c(Cl)cc(-c4ccccc4Cl)cc3Cl)cc(-c3c(Cl)cc(-c4ccccc4Cl)cc3Cl)cc2c1. The smallest absolute Gasteiger partial charge is 0.182 e. The summed E-state index contributed by atoms with van der Waals surface area (Å²) in [5.41, 5.74) is 6.19. The predicted molar refractivity (Wildman–Crippen MR) is 175 cm³/mol. The average Bonchev–Trinajstić information content (AvgIpc) is 2.92. The molecule has 0 fully saturated rings. The van der Waals surface area contributed by atoms with Crippen LogP contribution in [-0.4, -0.2) is 4.40 Å². The van der Waals surface area contributed by atoms with Crippen LogP contribution in [0.25, 0.3) is 50.2 Å². The molecule has 0 radical (unpaired) electrons. The molecule has 6 rings (SSSR count). The van der Waals surface area contributed by atoms with E-state index in [2.05, 4.69) is 0 Å². The molecule has 0 saturated carbocycles. The molecule has 2 nitrogen and oxygen atoms in total. The Hall–Kier alpha value is -2.95. The molecule has 2 heterocycles. The fourth-order valence-corrected chi connectivity index (χ4v) is 6.83. The lowest BCUT2D eigenvalue weighted by atomic mass is 9.97. The van der Waals surface area contributed by atoms with E-state index in [0.717, 1.165) is 22.3 Å².